The number of carboxylic acid groups (broad SMARTS) is 1. The maximum Gasteiger partial charge on any atom is 0.326 e. The summed E-state index contributed by atoms with van der Waals surface area (Å²) in [7, 11) is 3.03. The zero-order valence-corrected chi connectivity index (χ0v) is 26.6. The zero-order valence-electron chi connectivity index (χ0n) is 25.1. The summed E-state index contributed by atoms with van der Waals surface area (Å²) < 4.78 is 10.9. The van der Waals surface area contributed by atoms with E-state index in [1.165, 1.54) is 30.4 Å². The molecule has 0 fully saturated rings. The lowest BCUT2D eigenvalue weighted by Gasteiger charge is -2.17. The van der Waals surface area contributed by atoms with Gasteiger partial charge in [-0.1, -0.05) is 53.5 Å². The number of aliphatic carboxylic acids is 1. The normalized spacial score (nSPS) is 11.3. The zero-order chi connectivity index (χ0) is 33.4. The van der Waals surface area contributed by atoms with Crippen molar-refractivity contribution in [2.45, 2.75) is 32.4 Å². The summed E-state index contributed by atoms with van der Waals surface area (Å²) in [6.45, 7) is 1.89. The highest BCUT2D eigenvalue weighted by atomic mass is 35.5. The lowest BCUT2D eigenvalue weighted by atomic mass is 10.1. The monoisotopic (exact) mass is 667 g/mol. The van der Waals surface area contributed by atoms with Gasteiger partial charge in [0.1, 0.15) is 18.1 Å². The Morgan fingerprint density at radius 3 is 2.37 bits per heavy atom. The van der Waals surface area contributed by atoms with Crippen LogP contribution in [0.15, 0.2) is 71.3 Å². The second-order valence-electron chi connectivity index (χ2n) is 10.3. The first-order valence-corrected chi connectivity index (χ1v) is 14.7. The molecule has 1 heterocycles. The van der Waals surface area contributed by atoms with Gasteiger partial charge in [-0.25, -0.2) is 14.6 Å². The van der Waals surface area contributed by atoms with Gasteiger partial charge in [-0.2, -0.15) is 0 Å². The number of aryl methyl sites for hydroxylation is 1. The fourth-order valence-electron chi connectivity index (χ4n) is 4.41. The van der Waals surface area contributed by atoms with Crippen LogP contribution in [0.5, 0.6) is 5.75 Å². The maximum atomic E-state index is 13.0. The molecule has 0 aliphatic rings. The molecule has 12 nitrogen and oxygen atoms in total. The standard InChI is InChI=1S/C32H31Cl2N5O7/c1-18-7-4-5-10-23(18)37-32(44)38-24-12-11-19(13-26(24)45-3)14-28(40)39(2)16-27-35-20(17-46-27)15-25(31(42)43)36-30(41)29-21(33)8-6-9-22(29)34/h4-13,17,25H,14-16H2,1-3H3,(H,36,41)(H,42,43)(H2,37,38,44). The third-order valence-electron chi connectivity index (χ3n) is 6.87. The Morgan fingerprint density at radius 2 is 1.70 bits per heavy atom. The fourth-order valence-corrected chi connectivity index (χ4v) is 4.98. The second kappa shape index (κ2) is 15.3. The van der Waals surface area contributed by atoms with Crippen LogP contribution in [0, 0.1) is 6.92 Å². The summed E-state index contributed by atoms with van der Waals surface area (Å²) >= 11 is 12.1. The minimum Gasteiger partial charge on any atom is -0.495 e. The van der Waals surface area contributed by atoms with Gasteiger partial charge >= 0.3 is 12.0 Å². The Labute approximate surface area is 274 Å². The summed E-state index contributed by atoms with van der Waals surface area (Å²) in [5, 5.41) is 17.8. The van der Waals surface area contributed by atoms with Crippen LogP contribution in [0.1, 0.15) is 33.1 Å². The Bertz CT molecular complexity index is 1740. The average molecular weight is 669 g/mol. The summed E-state index contributed by atoms with van der Waals surface area (Å²) in [6.07, 6.45) is 1.10. The number of halogens is 2. The fraction of sp³-hybridized carbons (Fsp3) is 0.219. The number of methoxy groups -OCH3 is 1. The molecule has 0 aliphatic carbocycles. The number of aromatic nitrogens is 1. The lowest BCUT2D eigenvalue weighted by Crippen LogP contribution is -2.42. The van der Waals surface area contributed by atoms with Crippen molar-refractivity contribution < 1.29 is 33.4 Å². The highest BCUT2D eigenvalue weighted by Crippen LogP contribution is 2.27. The van der Waals surface area contributed by atoms with Crippen molar-refractivity contribution >= 4 is 58.4 Å². The van der Waals surface area contributed by atoms with E-state index in [-0.39, 0.29) is 52.5 Å². The van der Waals surface area contributed by atoms with Crippen LogP contribution in [-0.2, 0) is 29.0 Å². The highest BCUT2D eigenvalue weighted by molar-refractivity contribution is 6.39. The Balaban J connectivity index is 1.33. The number of ether oxygens (including phenoxy) is 1. The summed E-state index contributed by atoms with van der Waals surface area (Å²) in [4.78, 5) is 55.8. The van der Waals surface area contributed by atoms with E-state index in [1.54, 1.807) is 37.4 Å². The van der Waals surface area contributed by atoms with Gasteiger partial charge < -0.3 is 35.1 Å². The topological polar surface area (TPSA) is 163 Å². The average Bonchev–Trinajstić information content (AvgIpc) is 3.45. The molecule has 0 spiro atoms. The number of urea groups is 1. The van der Waals surface area contributed by atoms with Crippen molar-refractivity contribution in [1.82, 2.24) is 15.2 Å². The van der Waals surface area contributed by atoms with Crippen LogP contribution in [-0.4, -0.2) is 59.0 Å². The van der Waals surface area contributed by atoms with E-state index in [9.17, 15) is 24.3 Å². The van der Waals surface area contributed by atoms with E-state index in [0.29, 0.717) is 22.7 Å². The van der Waals surface area contributed by atoms with Crippen LogP contribution in [0.4, 0.5) is 16.2 Å². The van der Waals surface area contributed by atoms with Crippen molar-refractivity contribution in [1.29, 1.82) is 0 Å². The molecule has 4 amide bonds. The number of nitrogens with one attached hydrogen (secondary N) is 3. The van der Waals surface area contributed by atoms with E-state index in [1.807, 2.05) is 25.1 Å². The molecule has 0 aliphatic heterocycles. The largest absolute Gasteiger partial charge is 0.495 e. The van der Waals surface area contributed by atoms with Gasteiger partial charge in [-0.05, 0) is 48.4 Å². The minimum absolute atomic E-state index is 0.00795. The van der Waals surface area contributed by atoms with E-state index >= 15 is 0 Å². The molecule has 0 bridgehead atoms. The number of nitrogens with zero attached hydrogens (tertiary/aromatic N) is 2. The van der Waals surface area contributed by atoms with E-state index in [2.05, 4.69) is 20.9 Å². The smallest absolute Gasteiger partial charge is 0.326 e. The van der Waals surface area contributed by atoms with Crippen molar-refractivity contribution in [2.24, 2.45) is 0 Å². The Morgan fingerprint density at radius 1 is 1.00 bits per heavy atom. The quantitative estimate of drug-likeness (QED) is 0.152. The molecule has 1 aromatic heterocycles. The number of para-hydroxylation sites is 1. The molecule has 14 heteroatoms. The number of carbonyl (C=O) groups excluding carboxylic acids is 3. The molecule has 46 heavy (non-hydrogen) atoms. The number of likely N-dealkylation sites (N-methyl/N-ethyl adjacent to an activating group) is 1. The number of carboxylic acids is 1. The number of anilines is 2. The van der Waals surface area contributed by atoms with Crippen LogP contribution >= 0.6 is 23.2 Å². The SMILES string of the molecule is COc1cc(CC(=O)N(C)Cc2nc(CC(NC(=O)c3c(Cl)cccc3Cl)C(=O)O)co2)ccc1NC(=O)Nc1ccccc1C. The molecule has 0 saturated heterocycles. The van der Waals surface area contributed by atoms with Gasteiger partial charge in [0.05, 0.1) is 47.1 Å². The minimum atomic E-state index is -1.35. The van der Waals surface area contributed by atoms with Crippen molar-refractivity contribution in [3.05, 3.63) is 105 Å². The van der Waals surface area contributed by atoms with Gasteiger partial charge in [-0.3, -0.25) is 9.59 Å². The predicted molar refractivity (Wildman–Crippen MR) is 173 cm³/mol. The Hall–Kier alpha value is -5.07. The van der Waals surface area contributed by atoms with Gasteiger partial charge in [-0.15, -0.1) is 0 Å². The number of rotatable bonds is 12. The molecule has 0 saturated carbocycles. The predicted octanol–water partition coefficient (Wildman–Crippen LogP) is 5.57. The van der Waals surface area contributed by atoms with E-state index < -0.39 is 23.9 Å². The molecule has 1 atom stereocenters. The number of oxazole rings is 1. The number of amides is 4. The number of hydrogen-bond acceptors (Lipinski definition) is 7. The van der Waals surface area contributed by atoms with Crippen molar-refractivity contribution in [2.75, 3.05) is 24.8 Å². The first-order chi connectivity index (χ1) is 21.9. The molecule has 4 aromatic rings. The molecular weight excluding hydrogens is 637 g/mol. The summed E-state index contributed by atoms with van der Waals surface area (Å²) in [6, 6.07) is 15.1. The van der Waals surface area contributed by atoms with Crippen molar-refractivity contribution in [3.63, 3.8) is 0 Å². The van der Waals surface area contributed by atoms with Crippen molar-refractivity contribution in [3.8, 4) is 5.75 Å². The molecule has 0 radical (unpaired) electrons. The van der Waals surface area contributed by atoms with Crippen LogP contribution in [0.25, 0.3) is 0 Å². The Kier molecular flexibility index (Phi) is 11.2. The first kappa shape index (κ1) is 33.8. The van der Waals surface area contributed by atoms with E-state index in [0.717, 1.165) is 5.56 Å². The molecule has 240 valence electrons. The number of hydrogen-bond donors (Lipinski definition) is 4. The highest BCUT2D eigenvalue weighted by Gasteiger charge is 2.25. The van der Waals surface area contributed by atoms with Gasteiger partial charge in [0.15, 0.2) is 0 Å². The van der Waals surface area contributed by atoms with Crippen LogP contribution < -0.4 is 20.7 Å². The van der Waals surface area contributed by atoms with Gasteiger partial charge in [0.2, 0.25) is 11.8 Å². The van der Waals surface area contributed by atoms with Crippen LogP contribution in [0.3, 0.4) is 0 Å². The lowest BCUT2D eigenvalue weighted by molar-refractivity contribution is -0.139. The molecule has 4 rings (SSSR count). The second-order valence-corrected chi connectivity index (χ2v) is 11.1. The number of carbonyl (C=O) groups is 4. The summed E-state index contributed by atoms with van der Waals surface area (Å²) in [5.74, 6) is -1.75. The number of benzene rings is 3. The molecule has 4 N–H and O–H groups in total. The molecule has 1 unspecified atom stereocenters. The maximum absolute atomic E-state index is 13.0. The summed E-state index contributed by atoms with van der Waals surface area (Å²) in [5.41, 5.74) is 2.88. The third-order valence-corrected chi connectivity index (χ3v) is 7.50. The molecule has 3 aromatic carbocycles. The van der Waals surface area contributed by atoms with Gasteiger partial charge in [0.25, 0.3) is 5.91 Å². The first-order valence-electron chi connectivity index (χ1n) is 13.9. The third kappa shape index (κ3) is 8.77. The molecular formula is C32H31Cl2N5O7. The van der Waals surface area contributed by atoms with Crippen LogP contribution in [0.2, 0.25) is 10.0 Å². The van der Waals surface area contributed by atoms with Gasteiger partial charge in [0, 0.05) is 19.2 Å². The van der Waals surface area contributed by atoms with E-state index in [4.69, 9.17) is 32.4 Å².